The van der Waals surface area contributed by atoms with Crippen molar-refractivity contribution < 1.29 is 14.6 Å². The molecular weight excluding hydrogens is 206 g/mol. The second-order valence-electron chi connectivity index (χ2n) is 3.59. The van der Waals surface area contributed by atoms with E-state index in [4.69, 9.17) is 9.47 Å². The maximum absolute atomic E-state index is 9.70. The number of methoxy groups -OCH3 is 2. The molecule has 16 heavy (non-hydrogen) atoms. The fourth-order valence-corrected chi connectivity index (χ4v) is 1.58. The zero-order valence-corrected chi connectivity index (χ0v) is 9.99. The van der Waals surface area contributed by atoms with Crippen molar-refractivity contribution in [3.8, 4) is 11.5 Å². The van der Waals surface area contributed by atoms with Crippen LogP contribution in [0.4, 0.5) is 0 Å². The van der Waals surface area contributed by atoms with Gasteiger partial charge in [0.05, 0.1) is 20.3 Å². The quantitative estimate of drug-likeness (QED) is 0.753. The van der Waals surface area contributed by atoms with Gasteiger partial charge in [-0.2, -0.15) is 0 Å². The number of likely N-dealkylation sites (N-methyl/N-ethyl adjacent to an activating group) is 1. The van der Waals surface area contributed by atoms with Gasteiger partial charge in [0.2, 0.25) is 0 Å². The molecule has 4 heteroatoms. The number of ether oxygens (including phenoxy) is 2. The normalized spacial score (nSPS) is 12.2. The van der Waals surface area contributed by atoms with E-state index in [0.29, 0.717) is 13.0 Å². The molecule has 0 aliphatic rings. The van der Waals surface area contributed by atoms with Crippen LogP contribution in [-0.2, 0) is 6.42 Å². The van der Waals surface area contributed by atoms with Crippen molar-refractivity contribution in [1.82, 2.24) is 5.32 Å². The lowest BCUT2D eigenvalue weighted by molar-refractivity contribution is 0.173. The maximum Gasteiger partial charge on any atom is 0.125 e. The van der Waals surface area contributed by atoms with Gasteiger partial charge in [0.15, 0.2) is 0 Å². The maximum atomic E-state index is 9.70. The van der Waals surface area contributed by atoms with Crippen molar-refractivity contribution in [3.05, 3.63) is 23.8 Å². The predicted octanol–water partition coefficient (Wildman–Crippen LogP) is 0.827. The van der Waals surface area contributed by atoms with E-state index in [1.165, 1.54) is 0 Å². The molecule has 0 bridgehead atoms. The number of aliphatic hydroxyl groups excluding tert-OH is 1. The SMILES string of the molecule is CNCC(O)Cc1ccc(OC)cc1OC. The highest BCUT2D eigenvalue weighted by atomic mass is 16.5. The van der Waals surface area contributed by atoms with Crippen LogP contribution in [0.1, 0.15) is 5.56 Å². The van der Waals surface area contributed by atoms with Crippen LogP contribution < -0.4 is 14.8 Å². The Bertz CT molecular complexity index is 328. The number of hydrogen-bond acceptors (Lipinski definition) is 4. The van der Waals surface area contributed by atoms with Crippen molar-refractivity contribution in [2.75, 3.05) is 27.8 Å². The molecule has 1 rings (SSSR count). The highest BCUT2D eigenvalue weighted by Gasteiger charge is 2.10. The first kappa shape index (κ1) is 12.8. The molecule has 0 radical (unpaired) electrons. The minimum absolute atomic E-state index is 0.410. The summed E-state index contributed by atoms with van der Waals surface area (Å²) in [6.45, 7) is 0.565. The van der Waals surface area contributed by atoms with E-state index in [-0.39, 0.29) is 0 Å². The summed E-state index contributed by atoms with van der Waals surface area (Å²) in [5, 5.41) is 12.6. The van der Waals surface area contributed by atoms with Crippen molar-refractivity contribution in [3.63, 3.8) is 0 Å². The molecule has 0 fully saturated rings. The monoisotopic (exact) mass is 225 g/mol. The van der Waals surface area contributed by atoms with Gasteiger partial charge in [-0.1, -0.05) is 6.07 Å². The topological polar surface area (TPSA) is 50.7 Å². The molecule has 0 aromatic heterocycles. The van der Waals surface area contributed by atoms with E-state index >= 15 is 0 Å². The van der Waals surface area contributed by atoms with Crippen molar-refractivity contribution in [1.29, 1.82) is 0 Å². The third-order valence-corrected chi connectivity index (χ3v) is 2.39. The second-order valence-corrected chi connectivity index (χ2v) is 3.59. The van der Waals surface area contributed by atoms with Crippen LogP contribution in [0.25, 0.3) is 0 Å². The van der Waals surface area contributed by atoms with E-state index in [0.717, 1.165) is 17.1 Å². The number of rotatable bonds is 6. The first-order valence-electron chi connectivity index (χ1n) is 5.24. The number of benzene rings is 1. The molecule has 0 saturated carbocycles. The standard InChI is InChI=1S/C12H19NO3/c1-13-8-10(14)6-9-4-5-11(15-2)7-12(9)16-3/h4-5,7,10,13-14H,6,8H2,1-3H3. The largest absolute Gasteiger partial charge is 0.497 e. The van der Waals surface area contributed by atoms with Crippen LogP contribution in [0.15, 0.2) is 18.2 Å². The van der Waals surface area contributed by atoms with Crippen molar-refractivity contribution >= 4 is 0 Å². The molecule has 0 aliphatic carbocycles. The third kappa shape index (κ3) is 3.40. The fourth-order valence-electron chi connectivity index (χ4n) is 1.58. The molecule has 4 nitrogen and oxygen atoms in total. The number of nitrogens with one attached hydrogen (secondary N) is 1. The van der Waals surface area contributed by atoms with Gasteiger partial charge in [-0.05, 0) is 18.7 Å². The van der Waals surface area contributed by atoms with E-state index in [1.54, 1.807) is 14.2 Å². The minimum atomic E-state index is -0.410. The molecule has 0 amide bonds. The second kappa shape index (κ2) is 6.35. The molecule has 0 saturated heterocycles. The average Bonchev–Trinajstić information content (AvgIpc) is 2.30. The van der Waals surface area contributed by atoms with Gasteiger partial charge in [-0.15, -0.1) is 0 Å². The van der Waals surface area contributed by atoms with Crippen LogP contribution in [0, 0.1) is 0 Å². The molecule has 1 aromatic carbocycles. The van der Waals surface area contributed by atoms with Crippen LogP contribution in [0.5, 0.6) is 11.5 Å². The van der Waals surface area contributed by atoms with Crippen LogP contribution in [0.2, 0.25) is 0 Å². The summed E-state index contributed by atoms with van der Waals surface area (Å²) in [6, 6.07) is 5.60. The highest BCUT2D eigenvalue weighted by molar-refractivity contribution is 5.41. The molecule has 90 valence electrons. The smallest absolute Gasteiger partial charge is 0.125 e. The van der Waals surface area contributed by atoms with Gasteiger partial charge in [0, 0.05) is 19.0 Å². The molecule has 1 unspecified atom stereocenters. The van der Waals surface area contributed by atoms with Crippen LogP contribution in [-0.4, -0.2) is 39.0 Å². The van der Waals surface area contributed by atoms with E-state index in [1.807, 2.05) is 25.2 Å². The van der Waals surface area contributed by atoms with Gasteiger partial charge < -0.3 is 19.9 Å². The molecule has 0 spiro atoms. The molecular formula is C12H19NO3. The Morgan fingerprint density at radius 3 is 2.62 bits per heavy atom. The lowest BCUT2D eigenvalue weighted by atomic mass is 10.1. The predicted molar refractivity (Wildman–Crippen MR) is 63.2 cm³/mol. The highest BCUT2D eigenvalue weighted by Crippen LogP contribution is 2.25. The Morgan fingerprint density at radius 2 is 2.06 bits per heavy atom. The van der Waals surface area contributed by atoms with Gasteiger partial charge >= 0.3 is 0 Å². The van der Waals surface area contributed by atoms with E-state index in [2.05, 4.69) is 5.32 Å². The van der Waals surface area contributed by atoms with Crippen molar-refractivity contribution in [2.24, 2.45) is 0 Å². The Labute approximate surface area is 96.2 Å². The Balaban J connectivity index is 2.78. The zero-order chi connectivity index (χ0) is 12.0. The number of aliphatic hydroxyl groups is 1. The van der Waals surface area contributed by atoms with Crippen LogP contribution in [0.3, 0.4) is 0 Å². The lowest BCUT2D eigenvalue weighted by Crippen LogP contribution is -2.25. The zero-order valence-electron chi connectivity index (χ0n) is 9.99. The van der Waals surface area contributed by atoms with Gasteiger partial charge in [0.25, 0.3) is 0 Å². The first-order chi connectivity index (χ1) is 7.71. The first-order valence-corrected chi connectivity index (χ1v) is 5.24. The molecule has 2 N–H and O–H groups in total. The minimum Gasteiger partial charge on any atom is -0.497 e. The average molecular weight is 225 g/mol. The lowest BCUT2D eigenvalue weighted by Gasteiger charge is -2.13. The van der Waals surface area contributed by atoms with E-state index < -0.39 is 6.10 Å². The third-order valence-electron chi connectivity index (χ3n) is 2.39. The van der Waals surface area contributed by atoms with E-state index in [9.17, 15) is 5.11 Å². The van der Waals surface area contributed by atoms with Gasteiger partial charge in [0.1, 0.15) is 11.5 Å². The summed E-state index contributed by atoms with van der Waals surface area (Å²) in [6.07, 6.45) is 0.154. The fraction of sp³-hybridized carbons (Fsp3) is 0.500. The van der Waals surface area contributed by atoms with Crippen LogP contribution >= 0.6 is 0 Å². The van der Waals surface area contributed by atoms with Gasteiger partial charge in [-0.25, -0.2) is 0 Å². The molecule has 0 aliphatic heterocycles. The Hall–Kier alpha value is -1.26. The van der Waals surface area contributed by atoms with Gasteiger partial charge in [-0.3, -0.25) is 0 Å². The Kier molecular flexibility index (Phi) is 5.08. The van der Waals surface area contributed by atoms with Crippen molar-refractivity contribution in [2.45, 2.75) is 12.5 Å². The molecule has 1 aromatic rings. The summed E-state index contributed by atoms with van der Waals surface area (Å²) in [5.74, 6) is 1.50. The Morgan fingerprint density at radius 1 is 1.31 bits per heavy atom. The summed E-state index contributed by atoms with van der Waals surface area (Å²) < 4.78 is 10.4. The molecule has 0 heterocycles. The summed E-state index contributed by atoms with van der Waals surface area (Å²) in [4.78, 5) is 0. The number of hydrogen-bond donors (Lipinski definition) is 2. The molecule has 1 atom stereocenters. The summed E-state index contributed by atoms with van der Waals surface area (Å²) in [7, 11) is 5.04. The summed E-state index contributed by atoms with van der Waals surface area (Å²) >= 11 is 0. The summed E-state index contributed by atoms with van der Waals surface area (Å²) in [5.41, 5.74) is 0.978.